The first-order valence-corrected chi connectivity index (χ1v) is 12.4. The molecule has 2 aliphatic rings. The number of nitrogens with one attached hydrogen (secondary N) is 1. The number of rotatable bonds is 6. The minimum atomic E-state index is -4.43. The number of hydrogen-bond acceptors (Lipinski definition) is 5. The summed E-state index contributed by atoms with van der Waals surface area (Å²) < 4.78 is 45.8. The van der Waals surface area contributed by atoms with Crippen LogP contribution in [0.25, 0.3) is 0 Å². The SMILES string of the molecule is COc1cccc(N2CCN3c4ccc(C(F)(F)F)cc4CC(C(=O)NCCc4ccccn4)C3C2)c1. The average molecular weight is 511 g/mol. The Morgan fingerprint density at radius 1 is 1.11 bits per heavy atom. The highest BCUT2D eigenvalue weighted by Crippen LogP contribution is 2.40. The summed E-state index contributed by atoms with van der Waals surface area (Å²) >= 11 is 0. The van der Waals surface area contributed by atoms with Gasteiger partial charge in [-0.05, 0) is 54.4 Å². The standard InChI is InChI=1S/C28H29F3N4O2/c1-37-23-7-4-6-22(17-23)34-13-14-35-25-9-8-20(28(29,30)31)15-19(25)16-24(26(35)18-34)27(36)33-12-10-21-5-2-3-11-32-21/h2-9,11,15,17,24,26H,10,12-14,16,18H2,1H3,(H,33,36). The molecular formula is C28H29F3N4O2. The van der Waals surface area contributed by atoms with Gasteiger partial charge in [0.05, 0.1) is 24.6 Å². The number of pyridine rings is 1. The van der Waals surface area contributed by atoms with E-state index in [1.807, 2.05) is 42.5 Å². The molecule has 6 nitrogen and oxygen atoms in total. The van der Waals surface area contributed by atoms with Crippen molar-refractivity contribution in [3.8, 4) is 5.75 Å². The Morgan fingerprint density at radius 2 is 1.97 bits per heavy atom. The number of benzene rings is 2. The number of aromatic nitrogens is 1. The Balaban J connectivity index is 1.40. The van der Waals surface area contributed by atoms with Crippen LogP contribution in [0.5, 0.6) is 5.75 Å². The Bertz CT molecular complexity index is 1250. The molecule has 0 bridgehead atoms. The zero-order valence-corrected chi connectivity index (χ0v) is 20.5. The molecule has 1 fully saturated rings. The molecule has 194 valence electrons. The van der Waals surface area contributed by atoms with Crippen molar-refractivity contribution >= 4 is 17.3 Å². The number of carbonyl (C=O) groups excluding carboxylic acids is 1. The average Bonchev–Trinajstić information content (AvgIpc) is 2.92. The second-order valence-electron chi connectivity index (χ2n) is 9.42. The molecule has 2 aliphatic heterocycles. The molecule has 3 aromatic rings. The van der Waals surface area contributed by atoms with E-state index >= 15 is 0 Å². The van der Waals surface area contributed by atoms with E-state index in [-0.39, 0.29) is 18.4 Å². The fraction of sp³-hybridized carbons (Fsp3) is 0.357. The van der Waals surface area contributed by atoms with Gasteiger partial charge in [0.1, 0.15) is 5.75 Å². The molecule has 37 heavy (non-hydrogen) atoms. The van der Waals surface area contributed by atoms with Gasteiger partial charge in [-0.15, -0.1) is 0 Å². The maximum Gasteiger partial charge on any atom is 0.416 e. The number of carbonyl (C=O) groups is 1. The largest absolute Gasteiger partial charge is 0.497 e. The monoisotopic (exact) mass is 510 g/mol. The first-order chi connectivity index (χ1) is 17.8. The van der Waals surface area contributed by atoms with E-state index in [4.69, 9.17) is 4.74 Å². The van der Waals surface area contributed by atoms with Crippen LogP contribution in [-0.4, -0.2) is 50.2 Å². The van der Waals surface area contributed by atoms with E-state index < -0.39 is 17.7 Å². The summed E-state index contributed by atoms with van der Waals surface area (Å²) in [6, 6.07) is 17.1. The van der Waals surface area contributed by atoms with Crippen LogP contribution in [-0.2, 0) is 23.8 Å². The van der Waals surface area contributed by atoms with Crippen molar-refractivity contribution < 1.29 is 22.7 Å². The lowest BCUT2D eigenvalue weighted by Gasteiger charge is -2.49. The summed E-state index contributed by atoms with van der Waals surface area (Å²) in [5, 5.41) is 3.02. The van der Waals surface area contributed by atoms with Crippen molar-refractivity contribution in [2.75, 3.05) is 43.1 Å². The van der Waals surface area contributed by atoms with Crippen LogP contribution in [0.2, 0.25) is 0 Å². The molecule has 0 saturated carbocycles. The van der Waals surface area contributed by atoms with Crippen molar-refractivity contribution in [2.24, 2.45) is 5.92 Å². The summed E-state index contributed by atoms with van der Waals surface area (Å²) in [7, 11) is 1.62. The van der Waals surface area contributed by atoms with Gasteiger partial charge in [-0.1, -0.05) is 12.1 Å². The quantitative estimate of drug-likeness (QED) is 0.535. The number of anilines is 2. The number of nitrogens with zero attached hydrogens (tertiary/aromatic N) is 3. The van der Waals surface area contributed by atoms with Gasteiger partial charge in [0, 0.05) is 61.9 Å². The first-order valence-electron chi connectivity index (χ1n) is 12.4. The molecule has 1 amide bonds. The molecule has 0 spiro atoms. The van der Waals surface area contributed by atoms with Crippen LogP contribution in [0.3, 0.4) is 0 Å². The van der Waals surface area contributed by atoms with E-state index in [2.05, 4.69) is 20.1 Å². The highest BCUT2D eigenvalue weighted by molar-refractivity contribution is 5.82. The molecule has 1 aromatic heterocycles. The lowest BCUT2D eigenvalue weighted by atomic mass is 9.82. The van der Waals surface area contributed by atoms with Gasteiger partial charge < -0.3 is 19.9 Å². The molecule has 1 saturated heterocycles. The Morgan fingerprint density at radius 3 is 2.73 bits per heavy atom. The van der Waals surface area contributed by atoms with Crippen LogP contribution in [0, 0.1) is 5.92 Å². The molecule has 0 aliphatic carbocycles. The number of hydrogen-bond donors (Lipinski definition) is 1. The molecule has 1 N–H and O–H groups in total. The van der Waals surface area contributed by atoms with E-state index in [1.54, 1.807) is 19.4 Å². The van der Waals surface area contributed by atoms with Crippen molar-refractivity contribution in [2.45, 2.75) is 25.1 Å². The number of methoxy groups -OCH3 is 1. The lowest BCUT2D eigenvalue weighted by molar-refractivity contribution is -0.137. The lowest BCUT2D eigenvalue weighted by Crippen LogP contribution is -2.61. The zero-order chi connectivity index (χ0) is 26.0. The Kier molecular flexibility index (Phi) is 6.95. The smallest absolute Gasteiger partial charge is 0.416 e. The van der Waals surface area contributed by atoms with Crippen LogP contribution in [0.4, 0.5) is 24.5 Å². The Hall–Kier alpha value is -3.75. The van der Waals surface area contributed by atoms with Gasteiger partial charge >= 0.3 is 6.18 Å². The number of amides is 1. The highest BCUT2D eigenvalue weighted by Gasteiger charge is 2.42. The van der Waals surface area contributed by atoms with Crippen molar-refractivity contribution in [1.82, 2.24) is 10.3 Å². The minimum Gasteiger partial charge on any atom is -0.497 e. The summed E-state index contributed by atoms with van der Waals surface area (Å²) in [4.78, 5) is 22.1. The maximum atomic E-state index is 13.5. The van der Waals surface area contributed by atoms with Crippen LogP contribution < -0.4 is 19.9 Å². The molecule has 2 atom stereocenters. The third-order valence-corrected chi connectivity index (χ3v) is 7.20. The van der Waals surface area contributed by atoms with Gasteiger partial charge in [0.25, 0.3) is 0 Å². The fourth-order valence-corrected chi connectivity index (χ4v) is 5.33. The van der Waals surface area contributed by atoms with Gasteiger partial charge in [0.15, 0.2) is 0 Å². The second kappa shape index (κ2) is 10.3. The number of alkyl halides is 3. The predicted molar refractivity (Wildman–Crippen MR) is 136 cm³/mol. The van der Waals surface area contributed by atoms with E-state index in [1.165, 1.54) is 6.07 Å². The highest BCUT2D eigenvalue weighted by atomic mass is 19.4. The topological polar surface area (TPSA) is 57.7 Å². The van der Waals surface area contributed by atoms with Crippen molar-refractivity contribution in [1.29, 1.82) is 0 Å². The van der Waals surface area contributed by atoms with E-state index in [9.17, 15) is 18.0 Å². The molecule has 0 radical (unpaired) electrons. The predicted octanol–water partition coefficient (Wildman–Crippen LogP) is 4.34. The van der Waals surface area contributed by atoms with Crippen molar-refractivity contribution in [3.63, 3.8) is 0 Å². The third-order valence-electron chi connectivity index (χ3n) is 7.20. The van der Waals surface area contributed by atoms with Crippen LogP contribution >= 0.6 is 0 Å². The molecule has 5 rings (SSSR count). The van der Waals surface area contributed by atoms with Crippen molar-refractivity contribution in [3.05, 3.63) is 83.7 Å². The van der Waals surface area contributed by atoms with Gasteiger partial charge in [-0.25, -0.2) is 0 Å². The van der Waals surface area contributed by atoms with E-state index in [0.717, 1.165) is 28.9 Å². The van der Waals surface area contributed by atoms with Crippen LogP contribution in [0.1, 0.15) is 16.8 Å². The molecule has 9 heteroatoms. The molecular weight excluding hydrogens is 481 g/mol. The molecule has 3 heterocycles. The van der Waals surface area contributed by atoms with Crippen LogP contribution in [0.15, 0.2) is 66.9 Å². The summed E-state index contributed by atoms with van der Waals surface area (Å²) in [6.45, 7) is 2.26. The Labute approximate surface area is 214 Å². The summed E-state index contributed by atoms with van der Waals surface area (Å²) in [5.74, 6) is 0.104. The summed E-state index contributed by atoms with van der Waals surface area (Å²) in [6.07, 6.45) is -1.89. The van der Waals surface area contributed by atoms with Gasteiger partial charge in [-0.3, -0.25) is 9.78 Å². The first kappa shape index (κ1) is 24.9. The fourth-order valence-electron chi connectivity index (χ4n) is 5.33. The van der Waals surface area contributed by atoms with E-state index in [0.29, 0.717) is 38.2 Å². The maximum absolute atomic E-state index is 13.5. The molecule has 2 aromatic carbocycles. The zero-order valence-electron chi connectivity index (χ0n) is 20.5. The van der Waals surface area contributed by atoms with Gasteiger partial charge in [0.2, 0.25) is 5.91 Å². The second-order valence-corrected chi connectivity index (χ2v) is 9.42. The number of halogens is 3. The number of piperazine rings is 1. The summed E-state index contributed by atoms with van der Waals surface area (Å²) in [5.41, 5.74) is 2.52. The van der Waals surface area contributed by atoms with Gasteiger partial charge in [-0.2, -0.15) is 13.2 Å². The molecule has 2 unspecified atom stereocenters. The third kappa shape index (κ3) is 5.35. The number of ether oxygens (including phenoxy) is 1. The minimum absolute atomic E-state index is 0.151. The number of fused-ring (bicyclic) bond motifs is 3. The normalized spacial score (nSPS) is 19.1.